The van der Waals surface area contributed by atoms with Gasteiger partial charge in [0.25, 0.3) is 0 Å². The molecule has 1 aromatic heterocycles. The number of halogens is 2. The minimum Gasteiger partial charge on any atom is -0.355 e. The maximum atomic E-state index is 6.46. The van der Waals surface area contributed by atoms with E-state index >= 15 is 0 Å². The fourth-order valence-electron chi connectivity index (χ4n) is 3.29. The first kappa shape index (κ1) is 19.4. The molecule has 1 aromatic carbocycles. The molecule has 140 valence electrons. The van der Waals surface area contributed by atoms with E-state index in [0.717, 1.165) is 66.7 Å². The van der Waals surface area contributed by atoms with Gasteiger partial charge in [-0.05, 0) is 56.2 Å². The first-order valence-corrected chi connectivity index (χ1v) is 10.4. The molecule has 1 saturated carbocycles. The quantitative estimate of drug-likeness (QED) is 0.535. The summed E-state index contributed by atoms with van der Waals surface area (Å²) in [6.45, 7) is 8.62. The van der Waals surface area contributed by atoms with Crippen molar-refractivity contribution in [3.8, 4) is 11.3 Å². The van der Waals surface area contributed by atoms with Gasteiger partial charge in [0.2, 0.25) is 0 Å². The molecule has 5 heteroatoms. The van der Waals surface area contributed by atoms with E-state index in [-0.39, 0.29) is 0 Å². The predicted molar refractivity (Wildman–Crippen MR) is 111 cm³/mol. The average molecular weight is 392 g/mol. The highest BCUT2D eigenvalue weighted by Gasteiger charge is 2.27. The molecule has 0 N–H and O–H groups in total. The summed E-state index contributed by atoms with van der Waals surface area (Å²) in [6.07, 6.45) is 5.48. The number of benzene rings is 1. The Morgan fingerprint density at radius 1 is 1.04 bits per heavy atom. The van der Waals surface area contributed by atoms with Gasteiger partial charge < -0.3 is 4.90 Å². The third-order valence-corrected chi connectivity index (χ3v) is 5.39. The summed E-state index contributed by atoms with van der Waals surface area (Å²) in [5, 5.41) is 1.26. The molecule has 0 spiro atoms. The van der Waals surface area contributed by atoms with Crippen LogP contribution in [0.15, 0.2) is 18.2 Å². The van der Waals surface area contributed by atoms with Gasteiger partial charge in [0.05, 0.1) is 22.1 Å². The molecule has 0 amide bonds. The van der Waals surface area contributed by atoms with Crippen LogP contribution in [0.2, 0.25) is 10.0 Å². The smallest absolute Gasteiger partial charge is 0.150 e. The Hall–Kier alpha value is -1.32. The van der Waals surface area contributed by atoms with Gasteiger partial charge in [-0.25, -0.2) is 9.97 Å². The van der Waals surface area contributed by atoms with E-state index in [1.165, 1.54) is 12.8 Å². The molecule has 1 fully saturated rings. The largest absolute Gasteiger partial charge is 0.355 e. The molecule has 0 bridgehead atoms. The Bertz CT molecular complexity index is 772. The molecule has 0 unspecified atom stereocenters. The third-order valence-electron chi connectivity index (χ3n) is 4.84. The highest BCUT2D eigenvalue weighted by molar-refractivity contribution is 6.36. The van der Waals surface area contributed by atoms with Crippen LogP contribution in [0.3, 0.4) is 0 Å². The average Bonchev–Trinajstić information content (AvgIpc) is 3.44. The van der Waals surface area contributed by atoms with E-state index in [4.69, 9.17) is 33.2 Å². The van der Waals surface area contributed by atoms with Gasteiger partial charge in [-0.1, -0.05) is 44.0 Å². The summed E-state index contributed by atoms with van der Waals surface area (Å²) >= 11 is 12.5. The van der Waals surface area contributed by atoms with Crippen molar-refractivity contribution in [2.24, 2.45) is 5.92 Å². The fourth-order valence-corrected chi connectivity index (χ4v) is 3.79. The molecule has 0 radical (unpaired) electrons. The zero-order valence-corrected chi connectivity index (χ0v) is 17.4. The monoisotopic (exact) mass is 391 g/mol. The number of hydrogen-bond donors (Lipinski definition) is 0. The van der Waals surface area contributed by atoms with Crippen molar-refractivity contribution in [1.29, 1.82) is 0 Å². The SMILES string of the molecule is CCCN(CC1CC1)c1nc(CC)c(-c2ccc(Cl)cc2Cl)nc1CC. The van der Waals surface area contributed by atoms with Crippen LogP contribution in [0.5, 0.6) is 0 Å². The van der Waals surface area contributed by atoms with Crippen LogP contribution in [-0.4, -0.2) is 23.1 Å². The summed E-state index contributed by atoms with van der Waals surface area (Å²) in [5.74, 6) is 1.88. The minimum atomic E-state index is 0.625. The normalized spacial score (nSPS) is 13.9. The Morgan fingerprint density at radius 2 is 1.77 bits per heavy atom. The molecule has 1 aliphatic carbocycles. The highest BCUT2D eigenvalue weighted by atomic mass is 35.5. The Kier molecular flexibility index (Phi) is 6.42. The number of rotatable bonds is 8. The molecule has 26 heavy (non-hydrogen) atoms. The second-order valence-corrected chi connectivity index (χ2v) is 7.85. The van der Waals surface area contributed by atoms with Crippen LogP contribution in [0.4, 0.5) is 5.82 Å². The fraction of sp³-hybridized carbons (Fsp3) is 0.524. The topological polar surface area (TPSA) is 29.0 Å². The number of aryl methyl sites for hydroxylation is 2. The molecule has 1 heterocycles. The lowest BCUT2D eigenvalue weighted by Crippen LogP contribution is -2.29. The Labute approximate surface area is 166 Å². The van der Waals surface area contributed by atoms with Gasteiger partial charge in [-0.3, -0.25) is 0 Å². The first-order valence-electron chi connectivity index (χ1n) is 9.67. The van der Waals surface area contributed by atoms with Gasteiger partial charge >= 0.3 is 0 Å². The van der Waals surface area contributed by atoms with Crippen molar-refractivity contribution >= 4 is 29.0 Å². The zero-order valence-electron chi connectivity index (χ0n) is 15.9. The minimum absolute atomic E-state index is 0.625. The summed E-state index contributed by atoms with van der Waals surface area (Å²) in [7, 11) is 0. The molecular weight excluding hydrogens is 365 g/mol. The lowest BCUT2D eigenvalue weighted by atomic mass is 10.1. The number of aromatic nitrogens is 2. The summed E-state index contributed by atoms with van der Waals surface area (Å²) < 4.78 is 0. The van der Waals surface area contributed by atoms with Crippen molar-refractivity contribution < 1.29 is 0 Å². The number of nitrogens with zero attached hydrogens (tertiary/aromatic N) is 3. The van der Waals surface area contributed by atoms with Crippen LogP contribution < -0.4 is 4.90 Å². The van der Waals surface area contributed by atoms with Crippen molar-refractivity contribution in [1.82, 2.24) is 9.97 Å². The second kappa shape index (κ2) is 8.58. The van der Waals surface area contributed by atoms with Crippen molar-refractivity contribution in [2.45, 2.75) is 52.9 Å². The predicted octanol–water partition coefficient (Wildman–Crippen LogP) is 6.20. The van der Waals surface area contributed by atoms with Gasteiger partial charge in [-0.15, -0.1) is 0 Å². The number of hydrogen-bond acceptors (Lipinski definition) is 3. The maximum absolute atomic E-state index is 6.46. The summed E-state index contributed by atoms with van der Waals surface area (Å²) in [6, 6.07) is 5.58. The van der Waals surface area contributed by atoms with Crippen LogP contribution in [0.1, 0.15) is 51.4 Å². The lowest BCUT2D eigenvalue weighted by molar-refractivity contribution is 0.689. The van der Waals surface area contributed by atoms with Crippen molar-refractivity contribution in [3.05, 3.63) is 39.6 Å². The Balaban J connectivity index is 2.07. The number of anilines is 1. The molecule has 0 atom stereocenters. The van der Waals surface area contributed by atoms with E-state index in [1.54, 1.807) is 6.07 Å². The van der Waals surface area contributed by atoms with Gasteiger partial charge in [0.1, 0.15) is 0 Å². The van der Waals surface area contributed by atoms with E-state index < -0.39 is 0 Å². The molecular formula is C21H27Cl2N3. The molecule has 2 aromatic rings. The zero-order chi connectivity index (χ0) is 18.7. The van der Waals surface area contributed by atoms with E-state index in [2.05, 4.69) is 25.7 Å². The molecule has 1 aliphatic rings. The van der Waals surface area contributed by atoms with E-state index in [1.807, 2.05) is 12.1 Å². The van der Waals surface area contributed by atoms with Crippen LogP contribution in [0.25, 0.3) is 11.3 Å². The van der Waals surface area contributed by atoms with Gasteiger partial charge in [-0.2, -0.15) is 0 Å². The summed E-state index contributed by atoms with van der Waals surface area (Å²) in [4.78, 5) is 12.5. The van der Waals surface area contributed by atoms with E-state index in [9.17, 15) is 0 Å². The van der Waals surface area contributed by atoms with Crippen molar-refractivity contribution in [3.63, 3.8) is 0 Å². The molecule has 0 aliphatic heterocycles. The van der Waals surface area contributed by atoms with Crippen LogP contribution in [-0.2, 0) is 12.8 Å². The summed E-state index contributed by atoms with van der Waals surface area (Å²) in [5.41, 5.74) is 3.85. The standard InChI is InChI=1S/C21H27Cl2N3/c1-4-11-26(13-14-7-8-14)21-19(6-3)24-20(18(5-2)25-21)16-10-9-15(22)12-17(16)23/h9-10,12,14H,4-8,11,13H2,1-3H3. The first-order chi connectivity index (χ1) is 12.6. The highest BCUT2D eigenvalue weighted by Crippen LogP contribution is 2.35. The third kappa shape index (κ3) is 4.32. The molecule has 3 nitrogen and oxygen atoms in total. The second-order valence-electron chi connectivity index (χ2n) is 7.01. The van der Waals surface area contributed by atoms with Crippen LogP contribution >= 0.6 is 23.2 Å². The van der Waals surface area contributed by atoms with Gasteiger partial charge in [0.15, 0.2) is 5.82 Å². The molecule has 3 rings (SSSR count). The molecule has 0 saturated heterocycles. The van der Waals surface area contributed by atoms with E-state index in [0.29, 0.717) is 10.0 Å². The maximum Gasteiger partial charge on any atom is 0.150 e. The Morgan fingerprint density at radius 3 is 2.35 bits per heavy atom. The lowest BCUT2D eigenvalue weighted by Gasteiger charge is -2.26. The van der Waals surface area contributed by atoms with Crippen LogP contribution in [0, 0.1) is 5.92 Å². The van der Waals surface area contributed by atoms with Gasteiger partial charge in [0, 0.05) is 23.7 Å². The van der Waals surface area contributed by atoms with Crippen molar-refractivity contribution in [2.75, 3.05) is 18.0 Å².